The van der Waals surface area contributed by atoms with Crippen LogP contribution >= 0.6 is 0 Å². The van der Waals surface area contributed by atoms with Gasteiger partial charge in [-0.15, -0.1) is 0 Å². The maximum atomic E-state index is 13.7. The lowest BCUT2D eigenvalue weighted by molar-refractivity contribution is -0.118. The molecule has 0 bridgehead atoms. The van der Waals surface area contributed by atoms with E-state index in [4.69, 9.17) is 0 Å². The number of anilines is 1. The standard InChI is InChI=1S/C33H36FN5O2/c1-4-33(13-6-14-33)19-36-31(41)29-28-24(27-25(37-30(28)39-38-29)16-32(2,3)17-26(27)40)12-11-23-10-9-21(18-35-23)20-7-5-8-22(34)15-20/h5,7-12,15,18,24H,4,6,13-14,16-17,19H2,1-3H3,(H,36,41)(H2,37,38,39)/b12-11+. The van der Waals surface area contributed by atoms with Gasteiger partial charge in [0.05, 0.1) is 5.69 Å². The highest BCUT2D eigenvalue weighted by Gasteiger charge is 2.42. The SMILES string of the molecule is CCC1(CNC(=O)c2[nH]nc3c2C(/C=C/c2ccc(-c4cccc(F)c4)cn2)C2=C(CC(C)(C)CC2=O)N3)CCC1. The molecule has 7 nitrogen and oxygen atoms in total. The summed E-state index contributed by atoms with van der Waals surface area (Å²) in [6.07, 6.45) is 11.2. The van der Waals surface area contributed by atoms with Crippen LogP contribution in [0.3, 0.4) is 0 Å². The number of fused-ring (bicyclic) bond motifs is 1. The molecule has 0 radical (unpaired) electrons. The van der Waals surface area contributed by atoms with E-state index in [1.54, 1.807) is 12.3 Å². The number of nitrogens with zero attached hydrogens (tertiary/aromatic N) is 2. The Balaban J connectivity index is 1.32. The number of benzene rings is 1. The van der Waals surface area contributed by atoms with E-state index >= 15 is 0 Å². The first-order valence-electron chi connectivity index (χ1n) is 14.5. The summed E-state index contributed by atoms with van der Waals surface area (Å²) < 4.78 is 13.7. The number of H-pyrrole nitrogens is 1. The molecule has 1 aliphatic heterocycles. The number of hydrogen-bond donors (Lipinski definition) is 3. The van der Waals surface area contributed by atoms with Crippen LogP contribution in [-0.2, 0) is 4.79 Å². The van der Waals surface area contributed by atoms with Gasteiger partial charge in [0.1, 0.15) is 11.5 Å². The van der Waals surface area contributed by atoms with Crippen LogP contribution in [0, 0.1) is 16.6 Å². The molecule has 1 amide bonds. The molecular formula is C33H36FN5O2. The smallest absolute Gasteiger partial charge is 0.269 e. The van der Waals surface area contributed by atoms with Crippen LogP contribution in [0.4, 0.5) is 10.2 Å². The van der Waals surface area contributed by atoms with E-state index in [0.29, 0.717) is 47.7 Å². The number of carbonyl (C=O) groups excluding carboxylic acids is 2. The Morgan fingerprint density at radius 3 is 2.68 bits per heavy atom. The van der Waals surface area contributed by atoms with E-state index in [1.807, 2.05) is 30.4 Å². The number of halogens is 1. The van der Waals surface area contributed by atoms with Crippen LogP contribution in [-0.4, -0.2) is 33.4 Å². The molecule has 1 aromatic carbocycles. The Bertz CT molecular complexity index is 1560. The number of Topliss-reactive ketones (excluding diaryl/α,β-unsaturated/α-hetero) is 1. The third-order valence-corrected chi connectivity index (χ3v) is 9.03. The molecule has 3 N–H and O–H groups in total. The number of ketones is 1. The van der Waals surface area contributed by atoms with Crippen LogP contribution in [0.15, 0.2) is 59.9 Å². The summed E-state index contributed by atoms with van der Waals surface area (Å²) in [5.41, 5.74) is 4.87. The topological polar surface area (TPSA) is 99.8 Å². The van der Waals surface area contributed by atoms with Crippen molar-refractivity contribution < 1.29 is 14.0 Å². The maximum Gasteiger partial charge on any atom is 0.269 e. The summed E-state index contributed by atoms with van der Waals surface area (Å²) in [6.45, 7) is 6.99. The molecule has 1 atom stereocenters. The van der Waals surface area contributed by atoms with E-state index in [-0.39, 0.29) is 28.3 Å². The van der Waals surface area contributed by atoms with Crippen molar-refractivity contribution in [3.63, 3.8) is 0 Å². The van der Waals surface area contributed by atoms with Crippen LogP contribution in [0.5, 0.6) is 0 Å². The lowest BCUT2D eigenvalue weighted by atomic mass is 9.67. The van der Waals surface area contributed by atoms with E-state index < -0.39 is 5.92 Å². The summed E-state index contributed by atoms with van der Waals surface area (Å²) in [4.78, 5) is 31.6. The number of pyridine rings is 1. The van der Waals surface area contributed by atoms with Crippen molar-refractivity contribution in [1.29, 1.82) is 0 Å². The Morgan fingerprint density at radius 1 is 1.17 bits per heavy atom. The monoisotopic (exact) mass is 553 g/mol. The van der Waals surface area contributed by atoms with Crippen molar-refractivity contribution in [3.8, 4) is 11.1 Å². The molecule has 0 saturated heterocycles. The summed E-state index contributed by atoms with van der Waals surface area (Å²) in [5, 5.41) is 14.0. The maximum absolute atomic E-state index is 13.7. The van der Waals surface area contributed by atoms with Gasteiger partial charge in [0.25, 0.3) is 5.91 Å². The highest BCUT2D eigenvalue weighted by molar-refractivity contribution is 6.03. The molecule has 41 heavy (non-hydrogen) atoms. The molecule has 6 rings (SSSR count). The summed E-state index contributed by atoms with van der Waals surface area (Å²) in [5.74, 6) is -0.292. The second-order valence-corrected chi connectivity index (χ2v) is 12.5. The van der Waals surface area contributed by atoms with E-state index in [1.165, 1.54) is 18.6 Å². The van der Waals surface area contributed by atoms with Crippen molar-refractivity contribution in [1.82, 2.24) is 20.5 Å². The van der Waals surface area contributed by atoms with Crippen molar-refractivity contribution in [2.75, 3.05) is 11.9 Å². The first kappa shape index (κ1) is 27.1. The summed E-state index contributed by atoms with van der Waals surface area (Å²) in [6, 6.07) is 10.2. The largest absolute Gasteiger partial charge is 0.350 e. The molecule has 1 saturated carbocycles. The second-order valence-electron chi connectivity index (χ2n) is 12.5. The summed E-state index contributed by atoms with van der Waals surface area (Å²) >= 11 is 0. The van der Waals surface area contributed by atoms with Crippen LogP contribution in [0.1, 0.15) is 87.0 Å². The lowest BCUT2D eigenvalue weighted by Crippen LogP contribution is -2.42. The molecule has 1 fully saturated rings. The zero-order valence-electron chi connectivity index (χ0n) is 23.8. The second kappa shape index (κ2) is 10.4. The molecule has 3 heterocycles. The zero-order chi connectivity index (χ0) is 28.8. The number of hydrogen-bond acceptors (Lipinski definition) is 5. The fourth-order valence-corrected chi connectivity index (χ4v) is 6.43. The molecule has 2 aliphatic carbocycles. The quantitative estimate of drug-likeness (QED) is 0.299. The molecule has 0 spiro atoms. The molecule has 8 heteroatoms. The number of aromatic nitrogens is 3. The molecule has 1 unspecified atom stereocenters. The molecular weight excluding hydrogens is 517 g/mol. The minimum atomic E-state index is -0.446. The van der Waals surface area contributed by atoms with Gasteiger partial charge in [-0.25, -0.2) is 4.39 Å². The fraction of sp³-hybridized carbons (Fsp3) is 0.394. The number of rotatable bonds is 7. The number of allylic oxidation sites excluding steroid dienone is 3. The van der Waals surface area contributed by atoms with Gasteiger partial charge in [0.2, 0.25) is 0 Å². The van der Waals surface area contributed by atoms with Crippen molar-refractivity contribution in [2.24, 2.45) is 10.8 Å². The van der Waals surface area contributed by atoms with Gasteiger partial charge in [-0.3, -0.25) is 19.7 Å². The van der Waals surface area contributed by atoms with Gasteiger partial charge in [-0.1, -0.05) is 51.5 Å². The lowest BCUT2D eigenvalue weighted by Gasteiger charge is -2.41. The zero-order valence-corrected chi connectivity index (χ0v) is 23.8. The van der Waals surface area contributed by atoms with Crippen molar-refractivity contribution in [2.45, 2.75) is 65.2 Å². The molecule has 212 valence electrons. The molecule has 3 aromatic rings. The highest BCUT2D eigenvalue weighted by Crippen LogP contribution is 2.48. The predicted molar refractivity (Wildman–Crippen MR) is 158 cm³/mol. The van der Waals surface area contributed by atoms with Crippen molar-refractivity contribution in [3.05, 3.63) is 82.7 Å². The fourth-order valence-electron chi connectivity index (χ4n) is 6.43. The highest BCUT2D eigenvalue weighted by atomic mass is 19.1. The Hall–Kier alpha value is -4.07. The van der Waals surface area contributed by atoms with Crippen LogP contribution in [0.25, 0.3) is 17.2 Å². The van der Waals surface area contributed by atoms with Gasteiger partial charge >= 0.3 is 0 Å². The number of nitrogens with one attached hydrogen (secondary N) is 3. The van der Waals surface area contributed by atoms with E-state index in [0.717, 1.165) is 36.1 Å². The number of carbonyl (C=O) groups is 2. The number of amides is 1. The van der Waals surface area contributed by atoms with Gasteiger partial charge < -0.3 is 10.6 Å². The molecule has 3 aliphatic rings. The van der Waals surface area contributed by atoms with Gasteiger partial charge in [0, 0.05) is 47.5 Å². The minimum Gasteiger partial charge on any atom is -0.350 e. The average molecular weight is 554 g/mol. The Kier molecular flexibility index (Phi) is 6.88. The van der Waals surface area contributed by atoms with Crippen LogP contribution in [0.2, 0.25) is 0 Å². The van der Waals surface area contributed by atoms with Gasteiger partial charge in [0.15, 0.2) is 11.6 Å². The average Bonchev–Trinajstić information content (AvgIpc) is 3.34. The third kappa shape index (κ3) is 5.23. The van der Waals surface area contributed by atoms with E-state index in [9.17, 15) is 14.0 Å². The predicted octanol–water partition coefficient (Wildman–Crippen LogP) is 6.79. The first-order chi connectivity index (χ1) is 19.7. The van der Waals surface area contributed by atoms with Gasteiger partial charge in [-0.05, 0) is 66.4 Å². The normalized spacial score (nSPS) is 20.7. The molecule has 2 aromatic heterocycles. The first-order valence-corrected chi connectivity index (χ1v) is 14.5. The summed E-state index contributed by atoms with van der Waals surface area (Å²) in [7, 11) is 0. The van der Waals surface area contributed by atoms with Gasteiger partial charge in [-0.2, -0.15) is 5.10 Å². The van der Waals surface area contributed by atoms with Crippen LogP contribution < -0.4 is 10.6 Å². The Morgan fingerprint density at radius 2 is 2.00 bits per heavy atom. The van der Waals surface area contributed by atoms with Crippen molar-refractivity contribution >= 4 is 23.6 Å². The minimum absolute atomic E-state index is 0.0745. The number of aromatic amines is 1. The third-order valence-electron chi connectivity index (χ3n) is 9.03. The Labute approximate surface area is 239 Å². The van der Waals surface area contributed by atoms with E-state index in [2.05, 4.69) is 46.6 Å².